The summed E-state index contributed by atoms with van der Waals surface area (Å²) in [6, 6.07) is 10.4. The Kier molecular flexibility index (Phi) is 4.31. The molecular formula is C19H21N3O2S. The van der Waals surface area contributed by atoms with Crippen molar-refractivity contribution in [3.63, 3.8) is 0 Å². The summed E-state index contributed by atoms with van der Waals surface area (Å²) in [7, 11) is 0. The average molecular weight is 355 g/mol. The predicted octanol–water partition coefficient (Wildman–Crippen LogP) is 3.38. The van der Waals surface area contributed by atoms with E-state index in [0.717, 1.165) is 30.1 Å². The predicted molar refractivity (Wildman–Crippen MR) is 99.9 cm³/mol. The maximum atomic E-state index is 12.7. The van der Waals surface area contributed by atoms with Gasteiger partial charge in [-0.05, 0) is 31.9 Å². The molecule has 5 nitrogen and oxygen atoms in total. The van der Waals surface area contributed by atoms with Gasteiger partial charge >= 0.3 is 0 Å². The number of amides is 1. The van der Waals surface area contributed by atoms with Crippen LogP contribution in [0.4, 0.5) is 0 Å². The highest BCUT2D eigenvalue weighted by atomic mass is 32.1. The fourth-order valence-corrected chi connectivity index (χ4v) is 4.34. The van der Waals surface area contributed by atoms with Crippen molar-refractivity contribution in [1.29, 1.82) is 0 Å². The normalized spacial score (nSPS) is 18.0. The lowest BCUT2D eigenvalue weighted by Gasteiger charge is -2.29. The van der Waals surface area contributed by atoms with Crippen LogP contribution >= 0.6 is 11.3 Å². The second kappa shape index (κ2) is 6.61. The number of carbonyl (C=O) groups is 1. The third kappa shape index (κ3) is 2.96. The Labute approximate surface area is 150 Å². The molecule has 0 aliphatic carbocycles. The van der Waals surface area contributed by atoms with Crippen LogP contribution in [0.5, 0.6) is 0 Å². The highest BCUT2D eigenvalue weighted by Gasteiger charge is 2.25. The van der Waals surface area contributed by atoms with Crippen molar-refractivity contribution < 1.29 is 9.90 Å². The number of aryl methyl sites for hydroxylation is 1. The summed E-state index contributed by atoms with van der Waals surface area (Å²) in [5.74, 6) is -0.0830. The van der Waals surface area contributed by atoms with Crippen LogP contribution in [0.3, 0.4) is 0 Å². The zero-order valence-electron chi connectivity index (χ0n) is 14.2. The minimum Gasteiger partial charge on any atom is -0.391 e. The number of nitrogens with zero attached hydrogens (tertiary/aromatic N) is 3. The third-order valence-electron chi connectivity index (χ3n) is 4.75. The largest absolute Gasteiger partial charge is 0.391 e. The van der Waals surface area contributed by atoms with Crippen LogP contribution in [0.1, 0.15) is 30.3 Å². The summed E-state index contributed by atoms with van der Waals surface area (Å²) in [5, 5.41) is 13.7. The van der Waals surface area contributed by atoms with Gasteiger partial charge in [-0.25, -0.2) is 4.98 Å². The number of aliphatic hydroxyl groups is 1. The standard InChI is InChI=1S/C19H21N3O2S/c1-2-22-16-8-4-3-6-13(16)10-17(22)18-20-15(12-25-18)19(24)21-9-5-7-14(23)11-21/h3-4,6,8,10,12,14,23H,2,5,7,9,11H2,1H3. The number of aliphatic hydroxyl groups excluding tert-OH is 1. The SMILES string of the molecule is CCn1c(-c2nc(C(=O)N3CCCC(O)C3)cs2)cc2ccccc21. The van der Waals surface area contributed by atoms with E-state index >= 15 is 0 Å². The molecule has 0 bridgehead atoms. The number of aromatic nitrogens is 2. The highest BCUT2D eigenvalue weighted by molar-refractivity contribution is 7.13. The summed E-state index contributed by atoms with van der Waals surface area (Å²) in [6.45, 7) is 4.06. The molecule has 4 rings (SSSR count). The lowest BCUT2D eigenvalue weighted by Crippen LogP contribution is -2.42. The van der Waals surface area contributed by atoms with E-state index in [1.165, 1.54) is 22.2 Å². The van der Waals surface area contributed by atoms with Crippen LogP contribution in [0.15, 0.2) is 35.7 Å². The molecule has 130 valence electrons. The van der Waals surface area contributed by atoms with E-state index in [2.05, 4.69) is 34.7 Å². The molecule has 0 spiro atoms. The maximum absolute atomic E-state index is 12.7. The van der Waals surface area contributed by atoms with Crippen molar-refractivity contribution in [2.24, 2.45) is 0 Å². The van der Waals surface area contributed by atoms with Crippen LogP contribution in [0.25, 0.3) is 21.6 Å². The van der Waals surface area contributed by atoms with Crippen LogP contribution < -0.4 is 0 Å². The van der Waals surface area contributed by atoms with Gasteiger partial charge in [0.25, 0.3) is 5.91 Å². The van der Waals surface area contributed by atoms with E-state index in [0.29, 0.717) is 18.8 Å². The monoisotopic (exact) mass is 355 g/mol. The lowest BCUT2D eigenvalue weighted by atomic mass is 10.1. The number of thiazole rings is 1. The Bertz CT molecular complexity index is 914. The summed E-state index contributed by atoms with van der Waals surface area (Å²) >= 11 is 1.50. The van der Waals surface area contributed by atoms with Gasteiger partial charge in [-0.2, -0.15) is 0 Å². The molecule has 1 aromatic carbocycles. The molecule has 1 aliphatic heterocycles. The minimum atomic E-state index is -0.418. The number of β-amino-alcohol motifs (C(OH)–C–C–N with tert-alkyl or cyclic N) is 1. The van der Waals surface area contributed by atoms with Crippen molar-refractivity contribution in [2.45, 2.75) is 32.4 Å². The molecule has 3 aromatic rings. The van der Waals surface area contributed by atoms with E-state index in [1.807, 2.05) is 17.5 Å². The molecule has 1 N–H and O–H groups in total. The second-order valence-electron chi connectivity index (χ2n) is 6.42. The third-order valence-corrected chi connectivity index (χ3v) is 5.62. The molecule has 0 radical (unpaired) electrons. The van der Waals surface area contributed by atoms with Gasteiger partial charge in [-0.1, -0.05) is 18.2 Å². The molecule has 1 saturated heterocycles. The number of fused-ring (bicyclic) bond motifs is 1. The first-order valence-corrected chi connectivity index (χ1v) is 9.57. The maximum Gasteiger partial charge on any atom is 0.273 e. The van der Waals surface area contributed by atoms with Gasteiger partial charge in [-0.15, -0.1) is 11.3 Å². The average Bonchev–Trinajstić information content (AvgIpc) is 3.25. The van der Waals surface area contributed by atoms with Gasteiger partial charge < -0.3 is 14.6 Å². The first-order chi connectivity index (χ1) is 12.2. The molecular weight excluding hydrogens is 334 g/mol. The Morgan fingerprint density at radius 2 is 2.24 bits per heavy atom. The quantitative estimate of drug-likeness (QED) is 0.783. The minimum absolute atomic E-state index is 0.0830. The molecule has 25 heavy (non-hydrogen) atoms. The molecule has 6 heteroatoms. The van der Waals surface area contributed by atoms with Crippen molar-refractivity contribution in [2.75, 3.05) is 13.1 Å². The number of carbonyl (C=O) groups excluding carboxylic acids is 1. The molecule has 0 saturated carbocycles. The summed E-state index contributed by atoms with van der Waals surface area (Å²) < 4.78 is 2.23. The Hall–Kier alpha value is -2.18. The molecule has 3 heterocycles. The van der Waals surface area contributed by atoms with Crippen molar-refractivity contribution in [3.05, 3.63) is 41.4 Å². The summed E-state index contributed by atoms with van der Waals surface area (Å²) in [5.41, 5.74) is 2.70. The smallest absolute Gasteiger partial charge is 0.273 e. The zero-order chi connectivity index (χ0) is 17.4. The van der Waals surface area contributed by atoms with Crippen LogP contribution in [0.2, 0.25) is 0 Å². The van der Waals surface area contributed by atoms with E-state index in [1.54, 1.807) is 4.90 Å². The molecule has 2 aromatic heterocycles. The molecule has 1 aliphatic rings. The summed E-state index contributed by atoms with van der Waals surface area (Å²) in [6.07, 6.45) is 1.19. The fraction of sp³-hybridized carbons (Fsp3) is 0.368. The number of rotatable bonds is 3. The van der Waals surface area contributed by atoms with Crippen molar-refractivity contribution in [1.82, 2.24) is 14.5 Å². The van der Waals surface area contributed by atoms with E-state index in [9.17, 15) is 9.90 Å². The highest BCUT2D eigenvalue weighted by Crippen LogP contribution is 2.31. The Balaban J connectivity index is 1.66. The van der Waals surface area contributed by atoms with Gasteiger partial charge in [0, 0.05) is 35.9 Å². The van der Waals surface area contributed by atoms with Gasteiger partial charge in [0.2, 0.25) is 0 Å². The lowest BCUT2D eigenvalue weighted by molar-refractivity contribution is 0.0469. The number of para-hydroxylation sites is 1. The fourth-order valence-electron chi connectivity index (χ4n) is 3.52. The first-order valence-electron chi connectivity index (χ1n) is 8.69. The Morgan fingerprint density at radius 3 is 3.04 bits per heavy atom. The van der Waals surface area contributed by atoms with Crippen LogP contribution in [-0.2, 0) is 6.54 Å². The van der Waals surface area contributed by atoms with E-state index in [-0.39, 0.29) is 5.91 Å². The number of hydrogen-bond acceptors (Lipinski definition) is 4. The number of hydrogen-bond donors (Lipinski definition) is 1. The summed E-state index contributed by atoms with van der Waals surface area (Å²) in [4.78, 5) is 19.0. The van der Waals surface area contributed by atoms with Crippen LogP contribution in [-0.4, -0.2) is 44.7 Å². The topological polar surface area (TPSA) is 58.4 Å². The van der Waals surface area contributed by atoms with Crippen molar-refractivity contribution >= 4 is 28.1 Å². The molecule has 1 amide bonds. The van der Waals surface area contributed by atoms with E-state index < -0.39 is 6.10 Å². The number of benzene rings is 1. The van der Waals surface area contributed by atoms with Gasteiger partial charge in [0.05, 0.1) is 11.8 Å². The Morgan fingerprint density at radius 1 is 1.40 bits per heavy atom. The van der Waals surface area contributed by atoms with Crippen LogP contribution in [0, 0.1) is 0 Å². The van der Waals surface area contributed by atoms with Gasteiger partial charge in [-0.3, -0.25) is 4.79 Å². The number of piperidine rings is 1. The molecule has 1 unspecified atom stereocenters. The van der Waals surface area contributed by atoms with Gasteiger partial charge in [0.1, 0.15) is 10.7 Å². The molecule has 1 fully saturated rings. The van der Waals surface area contributed by atoms with Gasteiger partial charge in [0.15, 0.2) is 0 Å². The second-order valence-corrected chi connectivity index (χ2v) is 7.28. The zero-order valence-corrected chi connectivity index (χ0v) is 15.0. The van der Waals surface area contributed by atoms with E-state index in [4.69, 9.17) is 0 Å². The molecule has 1 atom stereocenters. The van der Waals surface area contributed by atoms with Crippen molar-refractivity contribution in [3.8, 4) is 10.7 Å². The first kappa shape index (κ1) is 16.3. The number of likely N-dealkylation sites (tertiary alicyclic amines) is 1.